The Morgan fingerprint density at radius 1 is 0.900 bits per heavy atom. The summed E-state index contributed by atoms with van der Waals surface area (Å²) < 4.78 is 6.77. The van der Waals surface area contributed by atoms with Crippen LogP contribution in [0, 0.1) is 50.4 Å². The van der Waals surface area contributed by atoms with Crippen LogP contribution in [0.25, 0.3) is 0 Å². The summed E-state index contributed by atoms with van der Waals surface area (Å²) in [5.41, 5.74) is 2.63. The number of fused-ring (bicyclic) bond motifs is 1. The van der Waals surface area contributed by atoms with Gasteiger partial charge in [-0.15, -0.1) is 0 Å². The molecule has 1 aliphatic heterocycles. The van der Waals surface area contributed by atoms with Crippen LogP contribution in [0.15, 0.2) is 0 Å². The molecule has 0 aliphatic carbocycles. The van der Waals surface area contributed by atoms with Gasteiger partial charge in [0.15, 0.2) is 0 Å². The van der Waals surface area contributed by atoms with E-state index in [0.29, 0.717) is 12.3 Å². The van der Waals surface area contributed by atoms with E-state index in [1.165, 1.54) is 38.5 Å². The van der Waals surface area contributed by atoms with Crippen molar-refractivity contribution in [2.75, 3.05) is 0 Å². The number of carboxylic acids is 1. The van der Waals surface area contributed by atoms with Crippen LogP contribution in [-0.4, -0.2) is 27.0 Å². The van der Waals surface area contributed by atoms with Gasteiger partial charge in [-0.2, -0.15) is 0 Å². The molecule has 6 heteroatoms. The van der Waals surface area contributed by atoms with Crippen LogP contribution in [0.3, 0.4) is 0 Å². The second-order valence-corrected chi connectivity index (χ2v) is 13.9. The Hall–Kier alpha value is -1.75. The Morgan fingerprint density at radius 2 is 1.45 bits per heavy atom. The molecule has 40 heavy (non-hydrogen) atoms. The first-order valence-corrected chi connectivity index (χ1v) is 16.0. The number of aliphatic carboxylic acids is 1. The second-order valence-electron chi connectivity index (χ2n) is 13.5. The lowest BCUT2D eigenvalue weighted by molar-refractivity contribution is -0.149. The first-order chi connectivity index (χ1) is 18.7. The van der Waals surface area contributed by atoms with Gasteiger partial charge in [0.2, 0.25) is 5.24 Å². The van der Waals surface area contributed by atoms with E-state index in [4.69, 9.17) is 16.3 Å². The fourth-order valence-electron chi connectivity index (χ4n) is 6.65. The molecule has 0 amide bonds. The molecule has 2 unspecified atom stereocenters. The smallest absolute Gasteiger partial charge is 0.306 e. The van der Waals surface area contributed by atoms with E-state index in [9.17, 15) is 19.8 Å². The van der Waals surface area contributed by atoms with Crippen LogP contribution in [-0.2, 0) is 16.0 Å². The number of benzene rings is 1. The fraction of sp³-hybridized carbons (Fsp3) is 0.765. The van der Waals surface area contributed by atoms with Crippen LogP contribution in [0.5, 0.6) is 11.5 Å². The maximum atomic E-state index is 12.5. The van der Waals surface area contributed by atoms with Gasteiger partial charge in [-0.05, 0) is 99.4 Å². The van der Waals surface area contributed by atoms with E-state index in [-0.39, 0.29) is 24.5 Å². The lowest BCUT2D eigenvalue weighted by Crippen LogP contribution is -2.50. The summed E-state index contributed by atoms with van der Waals surface area (Å²) in [5, 5.41) is 20.4. The molecule has 0 aromatic heterocycles. The molecule has 1 aliphatic rings. The molecule has 0 radical (unpaired) electrons. The van der Waals surface area contributed by atoms with Gasteiger partial charge in [0.25, 0.3) is 0 Å². The Labute approximate surface area is 248 Å². The molecule has 0 fully saturated rings. The highest BCUT2D eigenvalue weighted by Crippen LogP contribution is 2.49. The maximum Gasteiger partial charge on any atom is 0.306 e. The Morgan fingerprint density at radius 3 is 1.98 bits per heavy atom. The second kappa shape index (κ2) is 15.5. The molecule has 2 rings (SSSR count). The van der Waals surface area contributed by atoms with Crippen LogP contribution < -0.4 is 4.74 Å². The van der Waals surface area contributed by atoms with Crippen molar-refractivity contribution in [2.24, 2.45) is 29.6 Å². The van der Waals surface area contributed by atoms with Gasteiger partial charge in [0.05, 0.1) is 5.92 Å². The number of carbonyl (C=O) groups excluding carboxylic acids is 1. The number of carboxylic acid groups (broad SMARTS) is 1. The van der Waals surface area contributed by atoms with Crippen LogP contribution >= 0.6 is 11.6 Å². The molecule has 5 nitrogen and oxygen atoms in total. The third-order valence-corrected chi connectivity index (χ3v) is 9.77. The average Bonchev–Trinajstić information content (AvgIpc) is 2.86. The molecule has 228 valence electrons. The fourth-order valence-corrected chi connectivity index (χ4v) is 6.76. The first kappa shape index (κ1) is 34.5. The molecule has 5 atom stereocenters. The van der Waals surface area contributed by atoms with Gasteiger partial charge < -0.3 is 14.9 Å². The first-order valence-electron chi connectivity index (χ1n) is 15.6. The van der Waals surface area contributed by atoms with Gasteiger partial charge in [0.1, 0.15) is 17.1 Å². The largest absolute Gasteiger partial charge is 0.507 e. The number of carbonyl (C=O) groups is 2. The van der Waals surface area contributed by atoms with Crippen LogP contribution in [0.4, 0.5) is 0 Å². The van der Waals surface area contributed by atoms with E-state index in [2.05, 4.69) is 27.7 Å². The SMILES string of the molecule is Cc1c(C)c2c(c(C)c1O)CC(C(CCC(=O)Cl)C(=O)O)[C@](C)(CCC[C@H](C)CCC[C@@H](C)CCCC(C)C)O2. The van der Waals surface area contributed by atoms with E-state index in [1.807, 2.05) is 27.7 Å². The summed E-state index contributed by atoms with van der Waals surface area (Å²) >= 11 is 5.62. The molecule has 0 spiro atoms. The minimum absolute atomic E-state index is 0.0159. The minimum atomic E-state index is -0.928. The predicted octanol–water partition coefficient (Wildman–Crippen LogP) is 9.31. The molecule has 1 aromatic rings. The van der Waals surface area contributed by atoms with Crippen molar-refractivity contribution in [3.8, 4) is 11.5 Å². The molecule has 2 N–H and O–H groups in total. The number of hydrogen-bond acceptors (Lipinski definition) is 4. The molecule has 0 saturated carbocycles. The van der Waals surface area contributed by atoms with Crippen LogP contribution in [0.2, 0.25) is 0 Å². The normalized spacial score (nSPS) is 21.0. The third-order valence-electron chi connectivity index (χ3n) is 9.58. The Balaban J connectivity index is 2.13. The molecule has 0 saturated heterocycles. The van der Waals surface area contributed by atoms with Crippen molar-refractivity contribution >= 4 is 22.8 Å². The number of ether oxygens (including phenoxy) is 1. The number of aromatic hydroxyl groups is 1. The lowest BCUT2D eigenvalue weighted by atomic mass is 9.69. The summed E-state index contributed by atoms with van der Waals surface area (Å²) in [7, 11) is 0. The zero-order valence-corrected chi connectivity index (χ0v) is 27.1. The highest BCUT2D eigenvalue weighted by molar-refractivity contribution is 6.63. The molecular weight excluding hydrogens is 524 g/mol. The van der Waals surface area contributed by atoms with Gasteiger partial charge in [-0.3, -0.25) is 9.59 Å². The predicted molar refractivity (Wildman–Crippen MR) is 164 cm³/mol. The highest BCUT2D eigenvalue weighted by atomic mass is 35.5. The van der Waals surface area contributed by atoms with Crippen molar-refractivity contribution in [1.82, 2.24) is 0 Å². The van der Waals surface area contributed by atoms with E-state index in [1.54, 1.807) is 0 Å². The number of hydrogen-bond donors (Lipinski definition) is 2. The molecule has 0 bridgehead atoms. The van der Waals surface area contributed by atoms with Crippen molar-refractivity contribution in [2.45, 2.75) is 138 Å². The summed E-state index contributed by atoms with van der Waals surface area (Å²) in [6.07, 6.45) is 11.2. The number of rotatable bonds is 17. The van der Waals surface area contributed by atoms with E-state index < -0.39 is 22.7 Å². The quantitative estimate of drug-likeness (QED) is 0.180. The van der Waals surface area contributed by atoms with E-state index >= 15 is 0 Å². The number of phenols is 1. The lowest BCUT2D eigenvalue weighted by Gasteiger charge is -2.46. The van der Waals surface area contributed by atoms with Crippen molar-refractivity contribution in [3.63, 3.8) is 0 Å². The minimum Gasteiger partial charge on any atom is -0.507 e. The topological polar surface area (TPSA) is 83.8 Å². The number of phenolic OH excluding ortho intramolecular Hbond substituents is 1. The zero-order chi connectivity index (χ0) is 30.2. The molecule has 1 aromatic carbocycles. The van der Waals surface area contributed by atoms with Gasteiger partial charge in [0, 0.05) is 17.9 Å². The van der Waals surface area contributed by atoms with Gasteiger partial charge >= 0.3 is 5.97 Å². The highest BCUT2D eigenvalue weighted by Gasteiger charge is 2.48. The van der Waals surface area contributed by atoms with E-state index in [0.717, 1.165) is 59.1 Å². The Kier molecular flexibility index (Phi) is 13.3. The monoisotopic (exact) mass is 578 g/mol. The summed E-state index contributed by atoms with van der Waals surface area (Å²) in [6, 6.07) is 0. The van der Waals surface area contributed by atoms with Gasteiger partial charge in [-0.25, -0.2) is 0 Å². The van der Waals surface area contributed by atoms with Crippen molar-refractivity contribution < 1.29 is 24.5 Å². The molecule has 1 heterocycles. The standard InChI is InChI=1S/C34H55ClO5/c1-21(2)12-9-13-22(3)14-10-15-23(4)16-11-19-34(8)29(27(33(38)39)17-18-30(35)36)20-28-26(7)31(37)24(5)25(6)32(28)40-34/h21-23,27,29,37H,9-20H2,1-8H3,(H,38,39)/t22-,23+,27?,29?,34-/m0/s1. The Bertz CT molecular complexity index is 1000. The summed E-state index contributed by atoms with van der Waals surface area (Å²) in [6.45, 7) is 17.1. The molecular formula is C34H55ClO5. The maximum absolute atomic E-state index is 12.5. The average molecular weight is 579 g/mol. The summed E-state index contributed by atoms with van der Waals surface area (Å²) in [4.78, 5) is 24.0. The zero-order valence-electron chi connectivity index (χ0n) is 26.4. The van der Waals surface area contributed by atoms with Crippen molar-refractivity contribution in [3.05, 3.63) is 22.3 Å². The summed E-state index contributed by atoms with van der Waals surface area (Å²) in [5.74, 6) is 1.17. The third kappa shape index (κ3) is 9.39. The van der Waals surface area contributed by atoms with Crippen molar-refractivity contribution in [1.29, 1.82) is 0 Å². The number of halogens is 1. The van der Waals surface area contributed by atoms with Crippen LogP contribution in [0.1, 0.15) is 128 Å². The van der Waals surface area contributed by atoms with Gasteiger partial charge in [-0.1, -0.05) is 72.6 Å².